The van der Waals surface area contributed by atoms with Crippen LogP contribution in [0.3, 0.4) is 0 Å². The highest BCUT2D eigenvalue weighted by molar-refractivity contribution is 6.06. The van der Waals surface area contributed by atoms with E-state index in [9.17, 15) is 9.18 Å². The minimum atomic E-state index is -0.500. The van der Waals surface area contributed by atoms with Crippen LogP contribution in [-0.4, -0.2) is 38.7 Å². The molecule has 9 heteroatoms. The van der Waals surface area contributed by atoms with Crippen molar-refractivity contribution in [3.8, 4) is 11.3 Å². The number of fused-ring (bicyclic) bond motifs is 1. The largest absolute Gasteiger partial charge is 0.370 e. The van der Waals surface area contributed by atoms with Crippen molar-refractivity contribution >= 4 is 40.6 Å². The number of halogens is 2. The van der Waals surface area contributed by atoms with Gasteiger partial charge in [-0.3, -0.25) is 14.5 Å². The summed E-state index contributed by atoms with van der Waals surface area (Å²) in [5.41, 5.74) is 3.28. The van der Waals surface area contributed by atoms with Crippen LogP contribution < -0.4 is 10.2 Å². The van der Waals surface area contributed by atoms with E-state index < -0.39 is 11.7 Å². The number of rotatable bonds is 4. The summed E-state index contributed by atoms with van der Waals surface area (Å²) in [6.45, 7) is 1.86. The molecule has 0 spiro atoms. The van der Waals surface area contributed by atoms with Gasteiger partial charge in [0.05, 0.1) is 16.9 Å². The van der Waals surface area contributed by atoms with Gasteiger partial charge in [0.15, 0.2) is 0 Å². The van der Waals surface area contributed by atoms with Crippen molar-refractivity contribution in [2.24, 2.45) is 7.05 Å². The number of pyridine rings is 2. The second-order valence-electron chi connectivity index (χ2n) is 8.00. The summed E-state index contributed by atoms with van der Waals surface area (Å²) in [6, 6.07) is 10.0. The summed E-state index contributed by atoms with van der Waals surface area (Å²) in [7, 11) is 1.88. The molecule has 1 aromatic carbocycles. The van der Waals surface area contributed by atoms with Gasteiger partial charge in [-0.05, 0) is 55.7 Å². The van der Waals surface area contributed by atoms with Crippen molar-refractivity contribution in [2.45, 2.75) is 19.3 Å². The summed E-state index contributed by atoms with van der Waals surface area (Å²) in [5.74, 6) is -0.892. The lowest BCUT2D eigenvalue weighted by molar-refractivity contribution is 0.102. The fourth-order valence-electron chi connectivity index (χ4n) is 4.14. The first-order valence-electron chi connectivity index (χ1n) is 10.7. The van der Waals surface area contributed by atoms with E-state index in [1.807, 2.05) is 25.4 Å². The summed E-state index contributed by atoms with van der Waals surface area (Å²) in [6.07, 6.45) is 8.48. The molecule has 1 saturated heterocycles. The Morgan fingerprint density at radius 1 is 1.12 bits per heavy atom. The van der Waals surface area contributed by atoms with E-state index in [0.717, 1.165) is 42.5 Å². The lowest BCUT2D eigenvalue weighted by Crippen LogP contribution is -2.30. The van der Waals surface area contributed by atoms with Gasteiger partial charge in [-0.15, -0.1) is 12.4 Å². The Kier molecular flexibility index (Phi) is 6.55. The van der Waals surface area contributed by atoms with Crippen LogP contribution in [0.4, 0.5) is 15.8 Å². The predicted molar refractivity (Wildman–Crippen MR) is 129 cm³/mol. The highest BCUT2D eigenvalue weighted by atomic mass is 35.5. The van der Waals surface area contributed by atoms with Gasteiger partial charge in [0.25, 0.3) is 5.91 Å². The van der Waals surface area contributed by atoms with Gasteiger partial charge in [-0.25, -0.2) is 9.37 Å². The Bertz CT molecular complexity index is 1290. The molecular weight excluding hydrogens is 443 g/mol. The van der Waals surface area contributed by atoms with Crippen molar-refractivity contribution < 1.29 is 9.18 Å². The Hall–Kier alpha value is -3.52. The van der Waals surface area contributed by atoms with Crippen LogP contribution in [0.5, 0.6) is 0 Å². The Morgan fingerprint density at radius 3 is 2.70 bits per heavy atom. The molecule has 1 N–H and O–H groups in total. The third kappa shape index (κ3) is 4.66. The van der Waals surface area contributed by atoms with Gasteiger partial charge < -0.3 is 10.2 Å². The number of hydrogen-bond donors (Lipinski definition) is 1. The summed E-state index contributed by atoms with van der Waals surface area (Å²) < 4.78 is 16.2. The molecule has 0 saturated carbocycles. The zero-order valence-electron chi connectivity index (χ0n) is 18.2. The van der Waals surface area contributed by atoms with Crippen molar-refractivity contribution in [1.82, 2.24) is 19.7 Å². The number of amides is 1. The number of anilines is 2. The van der Waals surface area contributed by atoms with Gasteiger partial charge in [-0.1, -0.05) is 0 Å². The lowest BCUT2D eigenvalue weighted by atomic mass is 10.1. The van der Waals surface area contributed by atoms with Crippen LogP contribution in [0.25, 0.3) is 22.2 Å². The van der Waals surface area contributed by atoms with Crippen LogP contribution in [0.1, 0.15) is 29.8 Å². The van der Waals surface area contributed by atoms with E-state index in [1.165, 1.54) is 24.8 Å². The normalized spacial score (nSPS) is 13.6. The van der Waals surface area contributed by atoms with Gasteiger partial charge in [-0.2, -0.15) is 5.10 Å². The molecule has 0 unspecified atom stereocenters. The zero-order valence-corrected chi connectivity index (χ0v) is 19.0. The third-order valence-corrected chi connectivity index (χ3v) is 5.69. The average molecular weight is 467 g/mol. The Morgan fingerprint density at radius 2 is 1.94 bits per heavy atom. The van der Waals surface area contributed by atoms with E-state index in [2.05, 4.69) is 25.3 Å². The first-order valence-corrected chi connectivity index (χ1v) is 10.7. The smallest absolute Gasteiger partial charge is 0.274 e. The number of hydrogen-bond acceptors (Lipinski definition) is 5. The molecule has 0 bridgehead atoms. The van der Waals surface area contributed by atoms with Crippen LogP contribution in [0.2, 0.25) is 0 Å². The first kappa shape index (κ1) is 22.7. The minimum absolute atomic E-state index is 0. The fourth-order valence-corrected chi connectivity index (χ4v) is 4.14. The second kappa shape index (κ2) is 9.54. The summed E-state index contributed by atoms with van der Waals surface area (Å²) in [5, 5.41) is 8.46. The number of aromatic nitrogens is 4. The van der Waals surface area contributed by atoms with Gasteiger partial charge in [0.2, 0.25) is 0 Å². The molecule has 1 amide bonds. The number of benzene rings is 1. The number of carbonyl (C=O) groups is 1. The standard InChI is InChI=1S/C24H23FN6O.ClH/c1-30-15-17-12-21(22(13-20(17)29-30)31-10-3-2-4-11-31)28-24(32)19-8-7-18(25)23(27-19)16-6-5-9-26-14-16;/h5-9,12-15H,2-4,10-11H2,1H3,(H,28,32);1H. The Labute approximate surface area is 197 Å². The maximum atomic E-state index is 14.4. The molecule has 1 fully saturated rings. The lowest BCUT2D eigenvalue weighted by Gasteiger charge is -2.30. The highest BCUT2D eigenvalue weighted by Crippen LogP contribution is 2.33. The molecule has 0 radical (unpaired) electrons. The molecule has 5 rings (SSSR count). The van der Waals surface area contributed by atoms with Crippen molar-refractivity contribution in [3.05, 3.63) is 66.5 Å². The summed E-state index contributed by atoms with van der Waals surface area (Å²) in [4.78, 5) is 23.7. The van der Waals surface area contributed by atoms with Crippen molar-refractivity contribution in [2.75, 3.05) is 23.3 Å². The monoisotopic (exact) mass is 466 g/mol. The molecule has 3 aromatic heterocycles. The molecule has 170 valence electrons. The molecule has 0 aliphatic carbocycles. The first-order chi connectivity index (χ1) is 15.6. The van der Waals surface area contributed by atoms with Crippen LogP contribution in [0.15, 0.2) is 55.0 Å². The molecule has 1 aliphatic heterocycles. The number of aryl methyl sites for hydroxylation is 1. The number of nitrogens with zero attached hydrogens (tertiary/aromatic N) is 5. The SMILES string of the molecule is Cl.Cn1cc2cc(NC(=O)c3ccc(F)c(-c4cccnc4)n3)c(N3CCCCC3)cc2n1. The van der Waals surface area contributed by atoms with E-state index >= 15 is 0 Å². The minimum Gasteiger partial charge on any atom is -0.370 e. The van der Waals surface area contributed by atoms with Gasteiger partial charge >= 0.3 is 0 Å². The molecule has 7 nitrogen and oxygen atoms in total. The average Bonchev–Trinajstić information content (AvgIpc) is 3.19. The number of piperidine rings is 1. The van der Waals surface area contributed by atoms with Crippen LogP contribution in [0, 0.1) is 5.82 Å². The molecule has 4 heterocycles. The highest BCUT2D eigenvalue weighted by Gasteiger charge is 2.20. The molecule has 33 heavy (non-hydrogen) atoms. The number of nitrogens with one attached hydrogen (secondary N) is 1. The second-order valence-corrected chi connectivity index (χ2v) is 8.00. The van der Waals surface area contributed by atoms with Crippen LogP contribution >= 0.6 is 12.4 Å². The predicted octanol–water partition coefficient (Wildman–Crippen LogP) is 4.83. The van der Waals surface area contributed by atoms with Gasteiger partial charge in [0.1, 0.15) is 17.2 Å². The van der Waals surface area contributed by atoms with Crippen molar-refractivity contribution in [3.63, 3.8) is 0 Å². The quantitative estimate of drug-likeness (QED) is 0.466. The zero-order chi connectivity index (χ0) is 22.1. The Balaban J connectivity index is 0.00000259. The number of carbonyl (C=O) groups excluding carboxylic acids is 1. The molecule has 0 atom stereocenters. The van der Waals surface area contributed by atoms with Gasteiger partial charge in [0, 0.05) is 49.7 Å². The topological polar surface area (TPSA) is 75.9 Å². The fraction of sp³-hybridized carbons (Fsp3) is 0.250. The maximum Gasteiger partial charge on any atom is 0.274 e. The maximum absolute atomic E-state index is 14.4. The van der Waals surface area contributed by atoms with E-state index in [-0.39, 0.29) is 23.8 Å². The third-order valence-electron chi connectivity index (χ3n) is 5.69. The summed E-state index contributed by atoms with van der Waals surface area (Å²) >= 11 is 0. The van der Waals surface area contributed by atoms with E-state index in [0.29, 0.717) is 11.3 Å². The van der Waals surface area contributed by atoms with Crippen LogP contribution in [-0.2, 0) is 7.05 Å². The van der Waals surface area contributed by atoms with E-state index in [4.69, 9.17) is 0 Å². The molecular formula is C24H24ClFN6O. The van der Waals surface area contributed by atoms with Crippen molar-refractivity contribution in [1.29, 1.82) is 0 Å². The van der Waals surface area contributed by atoms with E-state index in [1.54, 1.807) is 23.0 Å². The molecule has 4 aromatic rings. The molecule has 1 aliphatic rings.